The van der Waals surface area contributed by atoms with E-state index in [-0.39, 0.29) is 17.6 Å². The van der Waals surface area contributed by atoms with Gasteiger partial charge in [-0.1, -0.05) is 42.5 Å². The Morgan fingerprint density at radius 2 is 1.63 bits per heavy atom. The molecule has 0 spiro atoms. The Labute approximate surface area is 159 Å². The van der Waals surface area contributed by atoms with E-state index in [4.69, 9.17) is 0 Å². The van der Waals surface area contributed by atoms with Gasteiger partial charge in [-0.3, -0.25) is 9.78 Å². The molecule has 2 aromatic carbocycles. The van der Waals surface area contributed by atoms with Crippen molar-refractivity contribution in [2.24, 2.45) is 0 Å². The van der Waals surface area contributed by atoms with Crippen LogP contribution in [-0.4, -0.2) is 22.5 Å². The third kappa shape index (κ3) is 5.68. The largest absolute Gasteiger partial charge is 0.508 e. The van der Waals surface area contributed by atoms with Crippen LogP contribution in [0.3, 0.4) is 0 Å². The number of carbonyl (C=O) groups excluding carboxylic acids is 1. The fraction of sp³-hybridized carbons (Fsp3) is 0.217. The van der Waals surface area contributed by atoms with E-state index in [9.17, 15) is 9.90 Å². The number of aryl methyl sites for hydroxylation is 1. The third-order valence-electron chi connectivity index (χ3n) is 4.59. The van der Waals surface area contributed by atoms with Gasteiger partial charge in [-0.05, 0) is 60.2 Å². The number of pyridine rings is 1. The summed E-state index contributed by atoms with van der Waals surface area (Å²) < 4.78 is 0. The minimum absolute atomic E-state index is 0.0451. The van der Waals surface area contributed by atoms with E-state index < -0.39 is 0 Å². The minimum Gasteiger partial charge on any atom is -0.508 e. The summed E-state index contributed by atoms with van der Waals surface area (Å²) in [5, 5.41) is 12.4. The highest BCUT2D eigenvalue weighted by atomic mass is 16.3. The minimum atomic E-state index is -0.220. The summed E-state index contributed by atoms with van der Waals surface area (Å²) in [5.41, 5.74) is 3.27. The monoisotopic (exact) mass is 360 g/mol. The number of phenols is 1. The number of rotatable bonds is 8. The van der Waals surface area contributed by atoms with Crippen LogP contribution in [-0.2, 0) is 17.6 Å². The molecular formula is C23H24N2O2. The molecule has 1 heterocycles. The first-order valence-electron chi connectivity index (χ1n) is 9.22. The number of aromatic hydroxyl groups is 1. The quantitative estimate of drug-likeness (QED) is 0.600. The highest BCUT2D eigenvalue weighted by Gasteiger charge is 2.20. The molecule has 0 fully saturated rings. The van der Waals surface area contributed by atoms with Gasteiger partial charge in [-0.25, -0.2) is 0 Å². The predicted molar refractivity (Wildman–Crippen MR) is 107 cm³/mol. The Hall–Kier alpha value is -3.14. The summed E-state index contributed by atoms with van der Waals surface area (Å²) in [7, 11) is 0. The average Bonchev–Trinajstić information content (AvgIpc) is 2.72. The summed E-state index contributed by atoms with van der Waals surface area (Å²) >= 11 is 0. The van der Waals surface area contributed by atoms with E-state index >= 15 is 0 Å². The number of carbonyl (C=O) groups is 1. The Balaban J connectivity index is 1.58. The van der Waals surface area contributed by atoms with Crippen molar-refractivity contribution in [1.29, 1.82) is 0 Å². The molecule has 0 aliphatic heterocycles. The Bertz CT molecular complexity index is 833. The Morgan fingerprint density at radius 1 is 0.926 bits per heavy atom. The first kappa shape index (κ1) is 18.6. The number of benzene rings is 2. The highest BCUT2D eigenvalue weighted by molar-refractivity contribution is 5.84. The lowest BCUT2D eigenvalue weighted by molar-refractivity contribution is -0.122. The normalized spacial score (nSPS) is 11.7. The summed E-state index contributed by atoms with van der Waals surface area (Å²) in [6.45, 7) is 0.624. The maximum absolute atomic E-state index is 12.8. The molecule has 1 atom stereocenters. The molecule has 2 N–H and O–H groups in total. The maximum atomic E-state index is 12.8. The molecule has 27 heavy (non-hydrogen) atoms. The third-order valence-corrected chi connectivity index (χ3v) is 4.59. The lowest BCUT2D eigenvalue weighted by Crippen LogP contribution is -2.31. The number of hydrogen-bond acceptors (Lipinski definition) is 3. The second kappa shape index (κ2) is 9.53. The first-order valence-corrected chi connectivity index (χ1v) is 9.22. The molecular weight excluding hydrogens is 336 g/mol. The van der Waals surface area contributed by atoms with Crippen LogP contribution in [0.2, 0.25) is 0 Å². The van der Waals surface area contributed by atoms with Gasteiger partial charge in [0.1, 0.15) is 5.75 Å². The smallest absolute Gasteiger partial charge is 0.227 e. The second-order valence-corrected chi connectivity index (χ2v) is 6.58. The summed E-state index contributed by atoms with van der Waals surface area (Å²) in [4.78, 5) is 16.9. The van der Waals surface area contributed by atoms with Crippen LogP contribution in [0.15, 0.2) is 79.1 Å². The van der Waals surface area contributed by atoms with Crippen LogP contribution in [0, 0.1) is 0 Å². The summed E-state index contributed by atoms with van der Waals surface area (Å²) in [5.74, 6) is 0.0971. The van der Waals surface area contributed by atoms with E-state index in [0.717, 1.165) is 29.5 Å². The first-order chi connectivity index (χ1) is 13.2. The van der Waals surface area contributed by atoms with Gasteiger partial charge in [-0.2, -0.15) is 0 Å². The van der Waals surface area contributed by atoms with Gasteiger partial charge in [0.15, 0.2) is 0 Å². The van der Waals surface area contributed by atoms with E-state index in [1.807, 2.05) is 54.6 Å². The molecule has 1 amide bonds. The molecule has 1 aromatic heterocycles. The van der Waals surface area contributed by atoms with Gasteiger partial charge in [-0.15, -0.1) is 0 Å². The van der Waals surface area contributed by atoms with Gasteiger partial charge >= 0.3 is 0 Å². The van der Waals surface area contributed by atoms with Crippen molar-refractivity contribution in [3.05, 3.63) is 95.8 Å². The lowest BCUT2D eigenvalue weighted by Gasteiger charge is -2.17. The van der Waals surface area contributed by atoms with Gasteiger partial charge < -0.3 is 10.4 Å². The van der Waals surface area contributed by atoms with Crippen molar-refractivity contribution in [3.63, 3.8) is 0 Å². The van der Waals surface area contributed by atoms with Crippen molar-refractivity contribution in [3.8, 4) is 5.75 Å². The summed E-state index contributed by atoms with van der Waals surface area (Å²) in [6.07, 6.45) is 5.88. The van der Waals surface area contributed by atoms with Crippen molar-refractivity contribution in [1.82, 2.24) is 10.3 Å². The summed E-state index contributed by atoms with van der Waals surface area (Å²) in [6, 6.07) is 21.0. The maximum Gasteiger partial charge on any atom is 0.227 e. The zero-order valence-electron chi connectivity index (χ0n) is 15.2. The van der Waals surface area contributed by atoms with Crippen LogP contribution in [0.4, 0.5) is 0 Å². The van der Waals surface area contributed by atoms with Crippen LogP contribution in [0.25, 0.3) is 0 Å². The molecule has 0 aliphatic carbocycles. The average molecular weight is 360 g/mol. The molecule has 0 bridgehead atoms. The second-order valence-electron chi connectivity index (χ2n) is 6.58. The van der Waals surface area contributed by atoms with E-state index in [2.05, 4.69) is 10.3 Å². The molecule has 0 radical (unpaired) electrons. The van der Waals surface area contributed by atoms with Gasteiger partial charge in [0.05, 0.1) is 5.92 Å². The SMILES string of the molecule is O=C(NCCCc1ccc(O)cc1)C(Cc1ccncc1)c1ccccc1. The van der Waals surface area contributed by atoms with E-state index in [1.54, 1.807) is 24.5 Å². The van der Waals surface area contributed by atoms with E-state index in [1.165, 1.54) is 0 Å². The predicted octanol–water partition coefficient (Wildman–Crippen LogP) is 3.86. The number of aromatic nitrogens is 1. The van der Waals surface area contributed by atoms with Crippen molar-refractivity contribution >= 4 is 5.91 Å². The molecule has 0 aliphatic rings. The molecule has 3 rings (SSSR count). The molecule has 0 saturated heterocycles. The number of nitrogens with zero attached hydrogens (tertiary/aromatic N) is 1. The topological polar surface area (TPSA) is 62.2 Å². The molecule has 4 heteroatoms. The molecule has 4 nitrogen and oxygen atoms in total. The van der Waals surface area contributed by atoms with Gasteiger partial charge in [0, 0.05) is 18.9 Å². The molecule has 1 unspecified atom stereocenters. The van der Waals surface area contributed by atoms with E-state index in [0.29, 0.717) is 13.0 Å². The number of nitrogens with one attached hydrogen (secondary N) is 1. The van der Waals surface area contributed by atoms with Crippen molar-refractivity contribution in [2.75, 3.05) is 6.54 Å². The zero-order chi connectivity index (χ0) is 18.9. The number of hydrogen-bond donors (Lipinski definition) is 2. The number of amides is 1. The van der Waals surface area contributed by atoms with Crippen LogP contribution >= 0.6 is 0 Å². The van der Waals surface area contributed by atoms with Crippen LogP contribution < -0.4 is 5.32 Å². The van der Waals surface area contributed by atoms with Crippen molar-refractivity contribution in [2.45, 2.75) is 25.2 Å². The fourth-order valence-corrected chi connectivity index (χ4v) is 3.09. The molecule has 0 saturated carbocycles. The highest BCUT2D eigenvalue weighted by Crippen LogP contribution is 2.21. The molecule has 3 aromatic rings. The standard InChI is InChI=1S/C23H24N2O2/c26-21-10-8-18(9-11-21)5-4-14-25-23(27)22(20-6-2-1-3-7-20)17-19-12-15-24-16-13-19/h1-3,6-13,15-16,22,26H,4-5,14,17H2,(H,25,27). The van der Waals surface area contributed by atoms with Gasteiger partial charge in [0.2, 0.25) is 5.91 Å². The fourth-order valence-electron chi connectivity index (χ4n) is 3.09. The van der Waals surface area contributed by atoms with Crippen molar-refractivity contribution < 1.29 is 9.90 Å². The molecule has 138 valence electrons. The lowest BCUT2D eigenvalue weighted by atomic mass is 9.91. The Morgan fingerprint density at radius 3 is 2.33 bits per heavy atom. The zero-order valence-corrected chi connectivity index (χ0v) is 15.2. The van der Waals surface area contributed by atoms with Crippen LogP contribution in [0.1, 0.15) is 29.0 Å². The van der Waals surface area contributed by atoms with Crippen LogP contribution in [0.5, 0.6) is 5.75 Å². The Kier molecular flexibility index (Phi) is 6.58. The van der Waals surface area contributed by atoms with Gasteiger partial charge in [0.25, 0.3) is 0 Å². The number of phenolic OH excluding ortho intramolecular Hbond substituents is 1.